The molecule has 3 aromatic carbocycles. The van der Waals surface area contributed by atoms with E-state index in [2.05, 4.69) is 5.32 Å². The van der Waals surface area contributed by atoms with Gasteiger partial charge < -0.3 is 29.2 Å². The maximum atomic E-state index is 14.0. The van der Waals surface area contributed by atoms with Crippen molar-refractivity contribution in [2.24, 2.45) is 5.92 Å². The van der Waals surface area contributed by atoms with Crippen LogP contribution in [0.5, 0.6) is 23.0 Å². The second-order valence-corrected chi connectivity index (χ2v) is 11.0. The van der Waals surface area contributed by atoms with Crippen LogP contribution in [0.3, 0.4) is 0 Å². The molecule has 1 N–H and O–H groups in total. The molecule has 12 nitrogen and oxygen atoms in total. The maximum Gasteiger partial charge on any atom is 0.328 e. The number of methoxy groups -OCH3 is 3. The van der Waals surface area contributed by atoms with E-state index in [0.29, 0.717) is 34.8 Å². The average Bonchev–Trinajstić information content (AvgIpc) is 3.02. The lowest BCUT2D eigenvalue weighted by Gasteiger charge is -2.35. The fourth-order valence-corrected chi connectivity index (χ4v) is 5.38. The summed E-state index contributed by atoms with van der Waals surface area (Å²) in [6, 6.07) is 14.4. The zero-order valence-corrected chi connectivity index (χ0v) is 25.9. The normalized spacial score (nSPS) is 17.0. The maximum absolute atomic E-state index is 14.0. The van der Waals surface area contributed by atoms with Crippen molar-refractivity contribution in [2.45, 2.75) is 45.2 Å². The molecule has 45 heavy (non-hydrogen) atoms. The summed E-state index contributed by atoms with van der Waals surface area (Å²) >= 11 is 0. The zero-order valence-electron chi connectivity index (χ0n) is 25.9. The largest absolute Gasteiger partial charge is 0.493 e. The number of hydrogen-bond acceptors (Lipinski definition) is 9. The number of fused-ring (bicyclic) bond motifs is 9. The lowest BCUT2D eigenvalue weighted by Crippen LogP contribution is -2.56. The first-order valence-electron chi connectivity index (χ1n) is 14.5. The fourth-order valence-electron chi connectivity index (χ4n) is 5.38. The Balaban J connectivity index is 1.77. The minimum atomic E-state index is -1.17. The topological polar surface area (TPSA) is 147 Å². The number of hydrogen-bond donors (Lipinski definition) is 1. The monoisotopic (exact) mass is 619 g/mol. The van der Waals surface area contributed by atoms with Crippen LogP contribution in [0.15, 0.2) is 60.7 Å². The highest BCUT2D eigenvalue weighted by molar-refractivity contribution is 5.91. The summed E-state index contributed by atoms with van der Waals surface area (Å²) in [7, 11) is 4.28. The van der Waals surface area contributed by atoms with E-state index in [1.54, 1.807) is 43.5 Å². The van der Waals surface area contributed by atoms with Gasteiger partial charge in [-0.2, -0.15) is 0 Å². The SMILES string of the molecule is COC(=O)C1Cc2ccc(c([N+](=O)[O-])c2)Oc2cccc(c2)CC(=O)N(CCc2ccc(OC)c(OC)c2)C(C(C)C)C(=O)N1. The van der Waals surface area contributed by atoms with Crippen molar-refractivity contribution in [3.63, 3.8) is 0 Å². The van der Waals surface area contributed by atoms with Gasteiger partial charge in [-0.15, -0.1) is 0 Å². The van der Waals surface area contributed by atoms with E-state index in [9.17, 15) is 24.5 Å². The predicted molar refractivity (Wildman–Crippen MR) is 165 cm³/mol. The Morgan fingerprint density at radius 1 is 1.02 bits per heavy atom. The standard InChI is InChI=1S/C33H37N3O9/c1-20(2)31-32(38)34-25(33(39)44-5)16-23-10-11-27(26(17-23)36(40)41)45-24-8-6-7-22(15-24)19-30(37)35(31)14-13-21-9-12-28(42-3)29(18-21)43-4/h6-12,15,17-18,20,25,31H,13-14,16,19H2,1-5H3,(H,34,38). The van der Waals surface area contributed by atoms with Gasteiger partial charge in [0.1, 0.15) is 17.8 Å². The van der Waals surface area contributed by atoms with Gasteiger partial charge in [0.15, 0.2) is 11.5 Å². The Morgan fingerprint density at radius 3 is 2.44 bits per heavy atom. The van der Waals surface area contributed by atoms with Gasteiger partial charge in [0.05, 0.1) is 32.7 Å². The number of nitrogens with zero attached hydrogens (tertiary/aromatic N) is 2. The second-order valence-electron chi connectivity index (χ2n) is 11.0. The average molecular weight is 620 g/mol. The Labute approximate surface area is 261 Å². The van der Waals surface area contributed by atoms with Crippen LogP contribution >= 0.6 is 0 Å². The van der Waals surface area contributed by atoms with Crippen LogP contribution in [0.4, 0.5) is 5.69 Å². The van der Waals surface area contributed by atoms with Crippen LogP contribution in [0, 0.1) is 16.0 Å². The molecule has 2 amide bonds. The summed E-state index contributed by atoms with van der Waals surface area (Å²) < 4.78 is 21.6. The molecular weight excluding hydrogens is 582 g/mol. The van der Waals surface area contributed by atoms with Gasteiger partial charge in [0.25, 0.3) is 0 Å². The molecule has 0 spiro atoms. The van der Waals surface area contributed by atoms with Crippen LogP contribution in [-0.2, 0) is 38.4 Å². The van der Waals surface area contributed by atoms with E-state index in [0.717, 1.165) is 5.56 Å². The summed E-state index contributed by atoms with van der Waals surface area (Å²) in [5, 5.41) is 14.7. The molecule has 0 aliphatic carbocycles. The first-order chi connectivity index (χ1) is 21.5. The summed E-state index contributed by atoms with van der Waals surface area (Å²) in [5.41, 5.74) is 1.56. The predicted octanol–water partition coefficient (Wildman–Crippen LogP) is 4.26. The number of carbonyl (C=O) groups excluding carboxylic acids is 3. The number of nitro benzene ring substituents is 1. The summed E-state index contributed by atoms with van der Waals surface area (Å²) in [5.74, 6) is -0.524. The van der Waals surface area contributed by atoms with E-state index in [1.807, 2.05) is 26.0 Å². The van der Waals surface area contributed by atoms with Crippen molar-refractivity contribution in [2.75, 3.05) is 27.9 Å². The van der Waals surface area contributed by atoms with Crippen LogP contribution in [0.2, 0.25) is 0 Å². The quantitative estimate of drug-likeness (QED) is 0.222. The number of amides is 2. The van der Waals surface area contributed by atoms with Crippen molar-refractivity contribution in [3.8, 4) is 23.0 Å². The van der Waals surface area contributed by atoms with E-state index in [-0.39, 0.29) is 42.6 Å². The van der Waals surface area contributed by atoms with Crippen molar-refractivity contribution in [1.29, 1.82) is 0 Å². The Morgan fingerprint density at radius 2 is 1.78 bits per heavy atom. The Kier molecular flexibility index (Phi) is 10.6. The minimum Gasteiger partial charge on any atom is -0.493 e. The third-order valence-corrected chi connectivity index (χ3v) is 7.59. The van der Waals surface area contributed by atoms with Crippen LogP contribution < -0.4 is 19.5 Å². The highest BCUT2D eigenvalue weighted by Gasteiger charge is 2.35. The number of nitro groups is 1. The molecule has 2 heterocycles. The van der Waals surface area contributed by atoms with Crippen molar-refractivity contribution in [3.05, 3.63) is 87.5 Å². The van der Waals surface area contributed by atoms with Crippen LogP contribution in [0.1, 0.15) is 30.5 Å². The molecule has 3 aromatic rings. The molecule has 238 valence electrons. The molecule has 4 bridgehead atoms. The van der Waals surface area contributed by atoms with Crippen LogP contribution in [0.25, 0.3) is 0 Å². The molecule has 2 unspecified atom stereocenters. The van der Waals surface area contributed by atoms with Gasteiger partial charge in [-0.25, -0.2) is 4.79 Å². The molecule has 0 fully saturated rings. The molecular formula is C33H37N3O9. The number of esters is 1. The minimum absolute atomic E-state index is 0.00519. The molecule has 2 aliphatic rings. The highest BCUT2D eigenvalue weighted by atomic mass is 16.6. The first-order valence-corrected chi connectivity index (χ1v) is 14.5. The Hall–Kier alpha value is -5.13. The second kappa shape index (κ2) is 14.6. The van der Waals surface area contributed by atoms with Gasteiger partial charge in [-0.1, -0.05) is 38.1 Å². The third-order valence-electron chi connectivity index (χ3n) is 7.59. The fraction of sp³-hybridized carbons (Fsp3) is 0.364. The first kappa shape index (κ1) is 32.8. The van der Waals surface area contributed by atoms with E-state index < -0.39 is 28.9 Å². The lowest BCUT2D eigenvalue weighted by molar-refractivity contribution is -0.385. The molecule has 0 radical (unpaired) electrons. The van der Waals surface area contributed by atoms with Crippen molar-refractivity contribution in [1.82, 2.24) is 10.2 Å². The number of benzene rings is 3. The molecule has 0 saturated carbocycles. The van der Waals surface area contributed by atoms with Crippen LogP contribution in [-0.4, -0.2) is 67.6 Å². The van der Waals surface area contributed by atoms with E-state index >= 15 is 0 Å². The van der Waals surface area contributed by atoms with Gasteiger partial charge in [-0.3, -0.25) is 19.7 Å². The number of rotatable bonds is 8. The van der Waals surface area contributed by atoms with Gasteiger partial charge in [0.2, 0.25) is 17.6 Å². The lowest BCUT2D eigenvalue weighted by atomic mass is 9.97. The molecule has 2 aliphatic heterocycles. The van der Waals surface area contributed by atoms with E-state index in [1.165, 1.54) is 31.3 Å². The molecule has 0 saturated heterocycles. The van der Waals surface area contributed by atoms with Crippen molar-refractivity contribution >= 4 is 23.5 Å². The third kappa shape index (κ3) is 7.88. The number of nitrogens with one attached hydrogen (secondary N) is 1. The number of ether oxygens (including phenoxy) is 4. The number of carbonyl (C=O) groups is 3. The Bertz CT molecular complexity index is 1570. The smallest absolute Gasteiger partial charge is 0.328 e. The molecule has 12 heteroatoms. The zero-order chi connectivity index (χ0) is 32.7. The molecule has 2 atom stereocenters. The summed E-state index contributed by atoms with van der Waals surface area (Å²) in [4.78, 5) is 53.7. The highest BCUT2D eigenvalue weighted by Crippen LogP contribution is 2.33. The van der Waals surface area contributed by atoms with Crippen molar-refractivity contribution < 1.29 is 38.3 Å². The van der Waals surface area contributed by atoms with E-state index in [4.69, 9.17) is 18.9 Å². The summed E-state index contributed by atoms with van der Waals surface area (Å²) in [6.45, 7) is 3.84. The van der Waals surface area contributed by atoms with Gasteiger partial charge in [-0.05, 0) is 59.4 Å². The van der Waals surface area contributed by atoms with Gasteiger partial charge >= 0.3 is 11.7 Å². The molecule has 0 aromatic heterocycles. The molecule has 5 rings (SSSR count). The summed E-state index contributed by atoms with van der Waals surface area (Å²) in [6.07, 6.45) is 0.252. The van der Waals surface area contributed by atoms with Gasteiger partial charge in [0, 0.05) is 19.0 Å².